The standard InChI is InChI=1S/C10H17N3O/c1-14-13-5-4-8(7-11)6-10(13)12-9-2-3-9/h8-10,12H,2-6H2,1H3. The summed E-state index contributed by atoms with van der Waals surface area (Å²) in [4.78, 5) is 5.29. The first-order valence-electron chi connectivity index (χ1n) is 5.30. The average molecular weight is 195 g/mol. The number of piperidine rings is 1. The third-order valence-corrected chi connectivity index (χ3v) is 2.98. The Kier molecular flexibility index (Phi) is 3.02. The molecule has 1 aliphatic carbocycles. The van der Waals surface area contributed by atoms with Crippen molar-refractivity contribution in [2.75, 3.05) is 13.7 Å². The average Bonchev–Trinajstić information content (AvgIpc) is 3.01. The summed E-state index contributed by atoms with van der Waals surface area (Å²) < 4.78 is 0. The van der Waals surface area contributed by atoms with Crippen molar-refractivity contribution < 1.29 is 4.84 Å². The lowest BCUT2D eigenvalue weighted by Gasteiger charge is -2.36. The Balaban J connectivity index is 1.89. The van der Waals surface area contributed by atoms with Crippen molar-refractivity contribution in [1.29, 1.82) is 5.26 Å². The minimum atomic E-state index is 0.192. The van der Waals surface area contributed by atoms with E-state index in [1.54, 1.807) is 7.11 Å². The van der Waals surface area contributed by atoms with Gasteiger partial charge in [-0.15, -0.1) is 0 Å². The molecule has 4 heteroatoms. The highest BCUT2D eigenvalue weighted by Gasteiger charge is 2.33. The fourth-order valence-corrected chi connectivity index (χ4v) is 1.95. The van der Waals surface area contributed by atoms with E-state index in [1.165, 1.54) is 12.8 Å². The lowest BCUT2D eigenvalue weighted by atomic mass is 9.97. The molecule has 0 radical (unpaired) electrons. The molecular weight excluding hydrogens is 178 g/mol. The van der Waals surface area contributed by atoms with Crippen LogP contribution in [0.15, 0.2) is 0 Å². The fourth-order valence-electron chi connectivity index (χ4n) is 1.95. The van der Waals surface area contributed by atoms with Crippen LogP contribution in [0.2, 0.25) is 0 Å². The summed E-state index contributed by atoms with van der Waals surface area (Å²) in [7, 11) is 1.70. The Bertz CT molecular complexity index is 234. The van der Waals surface area contributed by atoms with Gasteiger partial charge in [-0.2, -0.15) is 10.3 Å². The maximum absolute atomic E-state index is 8.88. The summed E-state index contributed by atoms with van der Waals surface area (Å²) in [5, 5.41) is 14.4. The van der Waals surface area contributed by atoms with Crippen LogP contribution in [0, 0.1) is 17.2 Å². The Morgan fingerprint density at radius 2 is 2.21 bits per heavy atom. The van der Waals surface area contributed by atoms with E-state index in [0.29, 0.717) is 6.04 Å². The van der Waals surface area contributed by atoms with E-state index in [9.17, 15) is 0 Å². The van der Waals surface area contributed by atoms with Gasteiger partial charge in [-0.05, 0) is 25.7 Å². The van der Waals surface area contributed by atoms with Crippen LogP contribution in [-0.2, 0) is 4.84 Å². The second-order valence-corrected chi connectivity index (χ2v) is 4.13. The molecule has 2 rings (SSSR count). The summed E-state index contributed by atoms with van der Waals surface area (Å²) in [5.74, 6) is 0.192. The third kappa shape index (κ3) is 2.24. The topological polar surface area (TPSA) is 48.3 Å². The van der Waals surface area contributed by atoms with Gasteiger partial charge < -0.3 is 4.84 Å². The van der Waals surface area contributed by atoms with Gasteiger partial charge in [-0.3, -0.25) is 5.32 Å². The normalized spacial score (nSPS) is 34.0. The first kappa shape index (κ1) is 9.91. The molecule has 1 heterocycles. The molecule has 0 aromatic rings. The molecule has 2 unspecified atom stereocenters. The smallest absolute Gasteiger partial charge is 0.0857 e. The quantitative estimate of drug-likeness (QED) is 0.725. The zero-order valence-corrected chi connectivity index (χ0v) is 8.57. The lowest BCUT2D eigenvalue weighted by molar-refractivity contribution is -0.186. The number of nitriles is 1. The number of hydrogen-bond acceptors (Lipinski definition) is 4. The Morgan fingerprint density at radius 3 is 2.79 bits per heavy atom. The molecule has 14 heavy (non-hydrogen) atoms. The van der Waals surface area contributed by atoms with Gasteiger partial charge in [-0.1, -0.05) is 0 Å². The van der Waals surface area contributed by atoms with Crippen molar-refractivity contribution in [3.63, 3.8) is 0 Å². The van der Waals surface area contributed by atoms with Crippen LogP contribution in [-0.4, -0.2) is 30.9 Å². The van der Waals surface area contributed by atoms with Gasteiger partial charge in [0.2, 0.25) is 0 Å². The SMILES string of the molecule is CON1CCC(C#N)CC1NC1CC1. The zero-order chi connectivity index (χ0) is 9.97. The second-order valence-electron chi connectivity index (χ2n) is 4.13. The van der Waals surface area contributed by atoms with Crippen LogP contribution >= 0.6 is 0 Å². The molecule has 4 nitrogen and oxygen atoms in total. The Labute approximate surface area is 84.8 Å². The van der Waals surface area contributed by atoms with E-state index in [1.807, 2.05) is 5.06 Å². The molecule has 2 aliphatic rings. The van der Waals surface area contributed by atoms with Gasteiger partial charge in [0, 0.05) is 12.6 Å². The van der Waals surface area contributed by atoms with E-state index in [4.69, 9.17) is 10.1 Å². The molecule has 0 bridgehead atoms. The first-order valence-corrected chi connectivity index (χ1v) is 5.30. The minimum absolute atomic E-state index is 0.192. The van der Waals surface area contributed by atoms with Crippen molar-refractivity contribution >= 4 is 0 Å². The number of hydrogen-bond donors (Lipinski definition) is 1. The molecule has 1 aliphatic heterocycles. The molecule has 0 aromatic heterocycles. The number of hydroxylamine groups is 2. The predicted octanol–water partition coefficient (Wildman–Crippen LogP) is 0.861. The maximum atomic E-state index is 8.88. The summed E-state index contributed by atoms with van der Waals surface area (Å²) in [6.07, 6.45) is 4.59. The second kappa shape index (κ2) is 4.26. The molecule has 0 aromatic carbocycles. The number of nitrogens with zero attached hydrogens (tertiary/aromatic N) is 2. The van der Waals surface area contributed by atoms with Gasteiger partial charge in [0.1, 0.15) is 0 Å². The summed E-state index contributed by atoms with van der Waals surface area (Å²) >= 11 is 0. The van der Waals surface area contributed by atoms with Gasteiger partial charge >= 0.3 is 0 Å². The molecule has 2 atom stereocenters. The van der Waals surface area contributed by atoms with Gasteiger partial charge in [0.15, 0.2) is 0 Å². The number of rotatable bonds is 3. The molecule has 1 saturated heterocycles. The molecule has 1 N–H and O–H groups in total. The van der Waals surface area contributed by atoms with E-state index in [2.05, 4.69) is 11.4 Å². The Hall–Kier alpha value is -0.630. The van der Waals surface area contributed by atoms with Crippen molar-refractivity contribution in [3.05, 3.63) is 0 Å². The van der Waals surface area contributed by atoms with Gasteiger partial charge in [-0.25, -0.2) is 0 Å². The van der Waals surface area contributed by atoms with E-state index >= 15 is 0 Å². The van der Waals surface area contributed by atoms with Crippen LogP contribution in [0.3, 0.4) is 0 Å². The van der Waals surface area contributed by atoms with E-state index in [0.717, 1.165) is 19.4 Å². The molecule has 1 saturated carbocycles. The largest absolute Gasteiger partial charge is 0.301 e. The summed E-state index contributed by atoms with van der Waals surface area (Å²) in [6, 6.07) is 3.01. The fraction of sp³-hybridized carbons (Fsp3) is 0.900. The minimum Gasteiger partial charge on any atom is -0.301 e. The highest BCUT2D eigenvalue weighted by atomic mass is 16.7. The van der Waals surface area contributed by atoms with Crippen LogP contribution in [0.25, 0.3) is 0 Å². The van der Waals surface area contributed by atoms with Gasteiger partial charge in [0.05, 0.1) is 25.3 Å². The predicted molar refractivity (Wildman–Crippen MR) is 52.0 cm³/mol. The van der Waals surface area contributed by atoms with E-state index < -0.39 is 0 Å². The van der Waals surface area contributed by atoms with Crippen molar-refractivity contribution in [2.45, 2.75) is 37.9 Å². The van der Waals surface area contributed by atoms with Crippen LogP contribution in [0.4, 0.5) is 0 Å². The van der Waals surface area contributed by atoms with Crippen molar-refractivity contribution in [2.24, 2.45) is 5.92 Å². The lowest BCUT2D eigenvalue weighted by Crippen LogP contribution is -2.50. The Morgan fingerprint density at radius 1 is 1.43 bits per heavy atom. The monoisotopic (exact) mass is 195 g/mol. The van der Waals surface area contributed by atoms with Crippen LogP contribution in [0.1, 0.15) is 25.7 Å². The summed E-state index contributed by atoms with van der Waals surface area (Å²) in [5.41, 5.74) is 0. The highest BCUT2D eigenvalue weighted by Crippen LogP contribution is 2.25. The molecule has 78 valence electrons. The molecular formula is C10H17N3O. The highest BCUT2D eigenvalue weighted by molar-refractivity contribution is 4.92. The summed E-state index contributed by atoms with van der Waals surface area (Å²) in [6.45, 7) is 0.860. The third-order valence-electron chi connectivity index (χ3n) is 2.98. The van der Waals surface area contributed by atoms with Crippen molar-refractivity contribution in [3.8, 4) is 6.07 Å². The van der Waals surface area contributed by atoms with Gasteiger partial charge in [0.25, 0.3) is 0 Å². The maximum Gasteiger partial charge on any atom is 0.0857 e. The molecule has 0 spiro atoms. The molecule has 0 amide bonds. The van der Waals surface area contributed by atoms with Crippen molar-refractivity contribution in [1.82, 2.24) is 10.4 Å². The molecule has 2 fully saturated rings. The first-order chi connectivity index (χ1) is 6.83. The van der Waals surface area contributed by atoms with Crippen LogP contribution in [0.5, 0.6) is 0 Å². The van der Waals surface area contributed by atoms with E-state index in [-0.39, 0.29) is 12.1 Å². The number of nitrogens with one attached hydrogen (secondary N) is 1. The zero-order valence-electron chi connectivity index (χ0n) is 8.57. The van der Waals surface area contributed by atoms with Crippen LogP contribution < -0.4 is 5.32 Å².